The lowest BCUT2D eigenvalue weighted by Gasteiger charge is -2.38. The number of aromatic amines is 2. The zero-order chi connectivity index (χ0) is 49.3. The van der Waals surface area contributed by atoms with Crippen molar-refractivity contribution in [1.82, 2.24) is 19.9 Å². The van der Waals surface area contributed by atoms with Crippen LogP contribution in [0.1, 0.15) is 11.1 Å². The Morgan fingerprint density at radius 3 is 1.03 bits per heavy atom. The molecule has 0 atom stereocenters. The van der Waals surface area contributed by atoms with Gasteiger partial charge in [0, 0.05) is 33.6 Å². The summed E-state index contributed by atoms with van der Waals surface area (Å²) in [6.45, 7) is 0. The molecule has 0 unspecified atom stereocenters. The molecular weight excluding hydrogens is 915 g/mol. The van der Waals surface area contributed by atoms with E-state index in [1.54, 1.807) is 36.4 Å². The average Bonchev–Trinajstić information content (AvgIpc) is 4.03. The summed E-state index contributed by atoms with van der Waals surface area (Å²) in [6, 6.07) is 54.8. The molecule has 0 aliphatic rings. The predicted molar refractivity (Wildman–Crippen MR) is 265 cm³/mol. The van der Waals surface area contributed by atoms with Crippen molar-refractivity contribution < 1.29 is 35.8 Å². The van der Waals surface area contributed by atoms with Gasteiger partial charge in [-0.05, 0) is 71.8 Å². The van der Waals surface area contributed by atoms with Gasteiger partial charge in [0.25, 0.3) is 0 Å². The van der Waals surface area contributed by atoms with Gasteiger partial charge in [-0.2, -0.15) is 26.3 Å². The quantitative estimate of drug-likeness (QED) is 0.0713. The van der Waals surface area contributed by atoms with Crippen LogP contribution in [0.2, 0.25) is 0 Å². The second-order valence-corrected chi connectivity index (χ2v) is 16.6. The number of halogens is 6. The molecule has 2 aromatic heterocycles. The molecule has 0 saturated carbocycles. The minimum atomic E-state index is -5.86. The Balaban J connectivity index is 0.968. The number of nitrogens with one attached hydrogen (secondary N) is 2. The minimum Gasteiger partial charge on any atom is -0.457 e. The molecule has 71 heavy (non-hydrogen) atoms. The summed E-state index contributed by atoms with van der Waals surface area (Å²) in [5.74, 6) is 1.04. The molecule has 8 nitrogen and oxygen atoms in total. The van der Waals surface area contributed by atoms with Crippen LogP contribution >= 0.6 is 0 Å². The highest BCUT2D eigenvalue weighted by molar-refractivity contribution is 5.84. The van der Waals surface area contributed by atoms with E-state index in [1.165, 1.54) is 0 Å². The van der Waals surface area contributed by atoms with Gasteiger partial charge in [0.1, 0.15) is 34.6 Å². The normalized spacial score (nSPS) is 11.9. The summed E-state index contributed by atoms with van der Waals surface area (Å²) in [6.07, 6.45) is -11.7. The molecule has 0 fully saturated rings. The molecule has 6 N–H and O–H groups in total. The lowest BCUT2D eigenvalue weighted by molar-refractivity contribution is -0.288. The maximum atomic E-state index is 15.4. The van der Waals surface area contributed by atoms with Crippen molar-refractivity contribution in [2.45, 2.75) is 17.8 Å². The van der Waals surface area contributed by atoms with E-state index in [4.69, 9.17) is 30.9 Å². The largest absolute Gasteiger partial charge is 0.457 e. The zero-order valence-corrected chi connectivity index (χ0v) is 37.3. The number of nitrogens with two attached hydrogens (primary N) is 2. The van der Waals surface area contributed by atoms with Crippen LogP contribution < -0.4 is 20.9 Å². The van der Waals surface area contributed by atoms with E-state index >= 15 is 26.3 Å². The fourth-order valence-electron chi connectivity index (χ4n) is 8.66. The molecule has 2 heterocycles. The molecule has 8 aromatic carbocycles. The van der Waals surface area contributed by atoms with E-state index in [2.05, 4.69) is 9.97 Å². The predicted octanol–water partition coefficient (Wildman–Crippen LogP) is 15.3. The Hall–Kier alpha value is -9.04. The van der Waals surface area contributed by atoms with Crippen molar-refractivity contribution in [1.29, 1.82) is 0 Å². The molecule has 0 aliphatic heterocycles. The molecule has 0 saturated heterocycles. The van der Waals surface area contributed by atoms with Crippen molar-refractivity contribution in [3.05, 3.63) is 217 Å². The average molecular weight is 955 g/mol. The first-order valence-electron chi connectivity index (χ1n) is 22.2. The van der Waals surface area contributed by atoms with E-state index in [1.807, 2.05) is 121 Å². The second kappa shape index (κ2) is 18.5. The van der Waals surface area contributed by atoms with E-state index < -0.39 is 28.9 Å². The second-order valence-electron chi connectivity index (χ2n) is 16.6. The molecule has 0 radical (unpaired) electrons. The number of ether oxygens (including phenoxy) is 2. The maximum Gasteiger partial charge on any atom is 0.411 e. The number of alkyl halides is 6. The smallest absolute Gasteiger partial charge is 0.411 e. The summed E-state index contributed by atoms with van der Waals surface area (Å²) in [4.78, 5) is 16.6. The Kier molecular flexibility index (Phi) is 11.9. The van der Waals surface area contributed by atoms with E-state index in [0.717, 1.165) is 70.8 Å². The monoisotopic (exact) mass is 954 g/mol. The number of nitrogens with zero attached hydrogens (tertiary/aromatic N) is 2. The number of hydrogen-bond donors (Lipinski definition) is 4. The van der Waals surface area contributed by atoms with Crippen LogP contribution in [0.25, 0.3) is 67.8 Å². The first kappa shape index (κ1) is 45.7. The molecule has 0 bridgehead atoms. The van der Waals surface area contributed by atoms with Crippen LogP contribution in [0.4, 0.5) is 37.7 Å². The van der Waals surface area contributed by atoms with Gasteiger partial charge < -0.3 is 30.9 Å². The van der Waals surface area contributed by atoms with Crippen LogP contribution in [0, 0.1) is 0 Å². The van der Waals surface area contributed by atoms with Gasteiger partial charge in [0.15, 0.2) is 0 Å². The third kappa shape index (κ3) is 8.83. The van der Waals surface area contributed by atoms with Gasteiger partial charge in [0.2, 0.25) is 5.41 Å². The highest BCUT2D eigenvalue weighted by Crippen LogP contribution is 2.57. The lowest BCUT2D eigenvalue weighted by Crippen LogP contribution is -2.54. The molecule has 10 rings (SSSR count). The fourth-order valence-corrected chi connectivity index (χ4v) is 8.66. The summed E-state index contributed by atoms with van der Waals surface area (Å²) in [5.41, 5.74) is 13.4. The number of nitrogen functional groups attached to an aromatic ring is 2. The van der Waals surface area contributed by atoms with Gasteiger partial charge in [-0.15, -0.1) is 0 Å². The third-order valence-electron chi connectivity index (χ3n) is 12.0. The highest BCUT2D eigenvalue weighted by atomic mass is 19.4. The maximum absolute atomic E-state index is 15.4. The van der Waals surface area contributed by atoms with Crippen LogP contribution in [-0.4, -0.2) is 32.3 Å². The number of imidazole rings is 2. The van der Waals surface area contributed by atoms with Gasteiger partial charge in [-0.3, -0.25) is 0 Å². The molecule has 10 aromatic rings. The Bertz CT molecular complexity index is 3110. The molecule has 0 aliphatic carbocycles. The van der Waals surface area contributed by atoms with Gasteiger partial charge in [-0.25, -0.2) is 9.97 Å². The lowest BCUT2D eigenvalue weighted by atomic mass is 9.73. The number of rotatable bonds is 12. The van der Waals surface area contributed by atoms with Crippen LogP contribution in [-0.2, 0) is 5.41 Å². The van der Waals surface area contributed by atoms with Crippen LogP contribution in [0.3, 0.4) is 0 Å². The number of benzene rings is 8. The first-order chi connectivity index (χ1) is 34.3. The number of hydrogen-bond acceptors (Lipinski definition) is 6. The van der Waals surface area contributed by atoms with E-state index in [-0.39, 0.29) is 23.0 Å². The minimum absolute atomic E-state index is 0.0393. The number of H-pyrrole nitrogens is 2. The Morgan fingerprint density at radius 2 is 0.704 bits per heavy atom. The Labute approximate surface area is 403 Å². The first-order valence-corrected chi connectivity index (χ1v) is 22.2. The molecule has 0 spiro atoms. The van der Waals surface area contributed by atoms with Gasteiger partial charge in [-0.1, -0.05) is 146 Å². The summed E-state index contributed by atoms with van der Waals surface area (Å²) in [5, 5.41) is 0. The standard InChI is InChI=1S/C57H40F6N6O2/c58-56(59,60)55(57(61,62)63,39-21-27-43(28-22-39)70-47-31-25-41(64)33-45(47)53-66-49(35-13-5-1-6-14-35)50(67-53)36-15-7-2-8-16-36)40-23-29-44(30-24-40)71-48-32-26-42(65)34-46(48)54-68-51(37-17-9-3-10-18-37)52(69-54)38-19-11-4-12-20-38/h1-34H,64-65H2,(H,66,67)(H,68,69). The molecular formula is C57H40F6N6O2. The van der Waals surface area contributed by atoms with Gasteiger partial charge >= 0.3 is 12.4 Å². The van der Waals surface area contributed by atoms with Crippen molar-refractivity contribution in [2.24, 2.45) is 0 Å². The highest BCUT2D eigenvalue weighted by Gasteiger charge is 2.72. The number of anilines is 2. The molecule has 0 amide bonds. The summed E-state index contributed by atoms with van der Waals surface area (Å²) in [7, 11) is 0. The summed E-state index contributed by atoms with van der Waals surface area (Å²) >= 11 is 0. The van der Waals surface area contributed by atoms with Gasteiger partial charge in [0.05, 0.1) is 33.9 Å². The number of aromatic nitrogens is 4. The van der Waals surface area contributed by atoms with Crippen molar-refractivity contribution >= 4 is 11.4 Å². The van der Waals surface area contributed by atoms with Crippen LogP contribution in [0.5, 0.6) is 23.0 Å². The molecule has 14 heteroatoms. The van der Waals surface area contributed by atoms with Crippen molar-refractivity contribution in [3.63, 3.8) is 0 Å². The third-order valence-corrected chi connectivity index (χ3v) is 12.0. The summed E-state index contributed by atoms with van der Waals surface area (Å²) < 4.78 is 105. The SMILES string of the molecule is Nc1ccc(Oc2ccc(C(c3ccc(Oc4ccc(N)cc4-c4nc(-c5ccccc5)c(-c5ccccc5)[nH]4)cc3)(C(F)(F)F)C(F)(F)F)cc2)c(-c2nc(-c3ccccc3)c(-c3ccccc3)[nH]2)c1. The topological polar surface area (TPSA) is 128 Å². The van der Waals surface area contributed by atoms with E-state index in [9.17, 15) is 0 Å². The fraction of sp³-hybridized carbons (Fsp3) is 0.0526. The Morgan fingerprint density at radius 1 is 0.380 bits per heavy atom. The zero-order valence-electron chi connectivity index (χ0n) is 37.3. The van der Waals surface area contributed by atoms with Crippen LogP contribution in [0.15, 0.2) is 206 Å². The molecule has 352 valence electrons. The van der Waals surface area contributed by atoms with Crippen molar-refractivity contribution in [3.8, 4) is 90.8 Å². The van der Waals surface area contributed by atoms with Crippen molar-refractivity contribution in [2.75, 3.05) is 11.5 Å². The van der Waals surface area contributed by atoms with E-state index in [0.29, 0.717) is 56.9 Å².